The molecule has 1 atom stereocenters. The number of carbonyl (C=O) groups is 2. The number of terminal acetylenes is 1. The van der Waals surface area contributed by atoms with Gasteiger partial charge in [0, 0.05) is 6.42 Å². The first-order valence-corrected chi connectivity index (χ1v) is 5.44. The first kappa shape index (κ1) is 14.4. The lowest BCUT2D eigenvalue weighted by Crippen LogP contribution is -2.43. The largest absolute Gasteiger partial charge is 0.444 e. The third kappa shape index (κ3) is 3.42. The molecule has 0 aromatic rings. The van der Waals surface area contributed by atoms with Crippen molar-refractivity contribution in [2.24, 2.45) is 0 Å². The van der Waals surface area contributed by atoms with Crippen LogP contribution in [0.5, 0.6) is 0 Å². The Morgan fingerprint density at radius 3 is 2.44 bits per heavy atom. The molecule has 0 bridgehead atoms. The molecule has 0 N–H and O–H groups in total. The molecule has 1 fully saturated rings. The summed E-state index contributed by atoms with van der Waals surface area (Å²) in [5.41, 5.74) is -0.821. The van der Waals surface area contributed by atoms with Crippen molar-refractivity contribution in [3.8, 4) is 12.3 Å². The molecule has 0 aromatic heterocycles. The van der Waals surface area contributed by atoms with E-state index in [1.54, 1.807) is 26.7 Å². The SMILES string of the molecule is C#CC(=O)[C@@H]1CC(F)(F)CN1C(=O)OC(C)(C)C. The number of ether oxygens (including phenoxy) is 1. The van der Waals surface area contributed by atoms with Crippen molar-refractivity contribution in [1.82, 2.24) is 4.90 Å². The summed E-state index contributed by atoms with van der Waals surface area (Å²) in [5, 5.41) is 0. The lowest BCUT2D eigenvalue weighted by Gasteiger charge is -2.26. The molecule has 1 amide bonds. The lowest BCUT2D eigenvalue weighted by atomic mass is 10.1. The highest BCUT2D eigenvalue weighted by Gasteiger charge is 2.50. The molecule has 18 heavy (non-hydrogen) atoms. The van der Waals surface area contributed by atoms with E-state index in [1.807, 2.05) is 0 Å². The van der Waals surface area contributed by atoms with Crippen LogP contribution in [-0.4, -0.2) is 40.9 Å². The molecule has 1 saturated heterocycles. The second-order valence-corrected chi connectivity index (χ2v) is 5.19. The van der Waals surface area contributed by atoms with Gasteiger partial charge < -0.3 is 4.74 Å². The second kappa shape index (κ2) is 4.56. The number of carbonyl (C=O) groups excluding carboxylic acids is 2. The fraction of sp³-hybridized carbons (Fsp3) is 0.667. The maximum atomic E-state index is 13.3. The van der Waals surface area contributed by atoms with Gasteiger partial charge in [-0.15, -0.1) is 6.42 Å². The van der Waals surface area contributed by atoms with Crippen LogP contribution in [0.25, 0.3) is 0 Å². The molecule has 1 heterocycles. The van der Waals surface area contributed by atoms with E-state index in [0.29, 0.717) is 4.90 Å². The quantitative estimate of drug-likeness (QED) is 0.533. The van der Waals surface area contributed by atoms with Crippen LogP contribution in [0.15, 0.2) is 0 Å². The fourth-order valence-electron chi connectivity index (χ4n) is 1.66. The number of Topliss-reactive ketones (excluding diaryl/α,β-unsaturated/α-hetero) is 1. The topological polar surface area (TPSA) is 46.6 Å². The zero-order valence-electron chi connectivity index (χ0n) is 10.5. The summed E-state index contributed by atoms with van der Waals surface area (Å²) in [7, 11) is 0. The third-order valence-corrected chi connectivity index (χ3v) is 2.34. The Balaban J connectivity index is 2.88. The van der Waals surface area contributed by atoms with Crippen molar-refractivity contribution < 1.29 is 23.1 Å². The van der Waals surface area contributed by atoms with Gasteiger partial charge >= 0.3 is 6.09 Å². The first-order valence-electron chi connectivity index (χ1n) is 5.44. The number of hydrogen-bond donors (Lipinski definition) is 0. The van der Waals surface area contributed by atoms with Crippen LogP contribution >= 0.6 is 0 Å². The van der Waals surface area contributed by atoms with E-state index in [4.69, 9.17) is 11.2 Å². The van der Waals surface area contributed by atoms with Crippen molar-refractivity contribution in [2.45, 2.75) is 44.8 Å². The molecule has 4 nitrogen and oxygen atoms in total. The summed E-state index contributed by atoms with van der Waals surface area (Å²) >= 11 is 0. The molecule has 0 spiro atoms. The Labute approximate surface area is 104 Å². The van der Waals surface area contributed by atoms with Crippen LogP contribution < -0.4 is 0 Å². The molecule has 0 unspecified atom stereocenters. The molecule has 0 radical (unpaired) electrons. The lowest BCUT2D eigenvalue weighted by molar-refractivity contribution is -0.118. The molecule has 1 aliphatic rings. The van der Waals surface area contributed by atoms with Crippen LogP contribution in [0.2, 0.25) is 0 Å². The third-order valence-electron chi connectivity index (χ3n) is 2.34. The summed E-state index contributed by atoms with van der Waals surface area (Å²) in [6, 6.07) is -1.31. The molecule has 0 aromatic carbocycles. The molecule has 1 rings (SSSR count). The second-order valence-electron chi connectivity index (χ2n) is 5.19. The molecule has 0 saturated carbocycles. The van der Waals surface area contributed by atoms with Gasteiger partial charge in [0.15, 0.2) is 0 Å². The van der Waals surface area contributed by atoms with Crippen LogP contribution in [0.3, 0.4) is 0 Å². The molecule has 1 aliphatic heterocycles. The standard InChI is InChI=1S/C12H15F2NO3/c1-5-9(16)8-6-12(13,14)7-15(8)10(17)18-11(2,3)4/h1,8H,6-7H2,2-4H3/t8-/m0/s1. The van der Waals surface area contributed by atoms with Crippen molar-refractivity contribution in [2.75, 3.05) is 6.54 Å². The Kier molecular flexibility index (Phi) is 3.65. The van der Waals surface area contributed by atoms with Crippen LogP contribution in [0.4, 0.5) is 13.6 Å². The number of hydrogen-bond acceptors (Lipinski definition) is 3. The highest BCUT2D eigenvalue weighted by molar-refractivity contribution is 6.01. The van der Waals surface area contributed by atoms with E-state index >= 15 is 0 Å². The predicted octanol–water partition coefficient (Wildman–Crippen LogP) is 1.83. The van der Waals surface area contributed by atoms with Crippen LogP contribution in [-0.2, 0) is 9.53 Å². The minimum atomic E-state index is -3.12. The van der Waals surface area contributed by atoms with Crippen molar-refractivity contribution in [3.05, 3.63) is 0 Å². The van der Waals surface area contributed by atoms with E-state index < -0.39 is 42.4 Å². The van der Waals surface area contributed by atoms with Crippen molar-refractivity contribution in [3.63, 3.8) is 0 Å². The summed E-state index contributed by atoms with van der Waals surface area (Å²) in [5.74, 6) is -2.18. The Bertz CT molecular complexity index is 407. The zero-order valence-corrected chi connectivity index (χ0v) is 10.5. The summed E-state index contributed by atoms with van der Waals surface area (Å²) < 4.78 is 31.5. The number of ketones is 1. The summed E-state index contributed by atoms with van der Waals surface area (Å²) in [6.07, 6.45) is 3.20. The molecule has 100 valence electrons. The minimum absolute atomic E-state index is 0.702. The van der Waals surface area contributed by atoms with E-state index in [-0.39, 0.29) is 0 Å². The Morgan fingerprint density at radius 1 is 1.44 bits per heavy atom. The van der Waals surface area contributed by atoms with E-state index in [1.165, 1.54) is 0 Å². The average Bonchev–Trinajstić information content (AvgIpc) is 2.51. The van der Waals surface area contributed by atoms with Crippen LogP contribution in [0.1, 0.15) is 27.2 Å². The number of likely N-dealkylation sites (tertiary alicyclic amines) is 1. The van der Waals surface area contributed by atoms with Crippen molar-refractivity contribution in [1.29, 1.82) is 0 Å². The van der Waals surface area contributed by atoms with E-state index in [2.05, 4.69) is 0 Å². The van der Waals surface area contributed by atoms with Gasteiger partial charge in [0.25, 0.3) is 5.92 Å². The normalized spacial score (nSPS) is 22.4. The Morgan fingerprint density at radius 2 is 2.00 bits per heavy atom. The van der Waals surface area contributed by atoms with E-state index in [9.17, 15) is 18.4 Å². The summed E-state index contributed by atoms with van der Waals surface area (Å²) in [6.45, 7) is 3.98. The predicted molar refractivity (Wildman–Crippen MR) is 60.1 cm³/mol. The average molecular weight is 259 g/mol. The van der Waals surface area contributed by atoms with Gasteiger partial charge in [0.2, 0.25) is 5.78 Å². The molecular weight excluding hydrogens is 244 g/mol. The highest BCUT2D eigenvalue weighted by atomic mass is 19.3. The van der Waals surface area contributed by atoms with Gasteiger partial charge in [-0.25, -0.2) is 13.6 Å². The smallest absolute Gasteiger partial charge is 0.411 e. The number of halogens is 2. The van der Waals surface area contributed by atoms with Gasteiger partial charge in [-0.3, -0.25) is 9.69 Å². The zero-order chi connectivity index (χ0) is 14.1. The Hall–Kier alpha value is -1.64. The van der Waals surface area contributed by atoms with Gasteiger partial charge in [0.1, 0.15) is 11.6 Å². The highest BCUT2D eigenvalue weighted by Crippen LogP contribution is 2.33. The van der Waals surface area contributed by atoms with Gasteiger partial charge in [0.05, 0.1) is 6.54 Å². The maximum Gasteiger partial charge on any atom is 0.411 e. The van der Waals surface area contributed by atoms with Crippen LogP contribution in [0, 0.1) is 12.3 Å². The van der Waals surface area contributed by atoms with E-state index in [0.717, 1.165) is 0 Å². The maximum absolute atomic E-state index is 13.3. The fourth-order valence-corrected chi connectivity index (χ4v) is 1.66. The van der Waals surface area contributed by atoms with Crippen molar-refractivity contribution >= 4 is 11.9 Å². The van der Waals surface area contributed by atoms with Gasteiger partial charge in [-0.2, -0.15) is 0 Å². The monoisotopic (exact) mass is 259 g/mol. The minimum Gasteiger partial charge on any atom is -0.444 e. The van der Waals surface area contributed by atoms with Gasteiger partial charge in [-0.05, 0) is 26.7 Å². The molecule has 0 aliphatic carbocycles. The number of rotatable bonds is 1. The molecular formula is C12H15F2NO3. The first-order chi connectivity index (χ1) is 8.06. The number of nitrogens with zero attached hydrogens (tertiary/aromatic N) is 1. The summed E-state index contributed by atoms with van der Waals surface area (Å²) in [4.78, 5) is 23.8. The number of amides is 1. The van der Waals surface area contributed by atoms with Gasteiger partial charge in [-0.1, -0.05) is 0 Å². The molecule has 6 heteroatoms. The number of alkyl halides is 2.